The van der Waals surface area contributed by atoms with Gasteiger partial charge in [-0.15, -0.1) is 13.2 Å². The molecule has 2 amide bonds. The van der Waals surface area contributed by atoms with Gasteiger partial charge in [-0.3, -0.25) is 9.59 Å². The summed E-state index contributed by atoms with van der Waals surface area (Å²) in [5, 5.41) is 2.85. The van der Waals surface area contributed by atoms with Crippen molar-refractivity contribution >= 4 is 11.8 Å². The molecule has 0 atom stereocenters. The lowest BCUT2D eigenvalue weighted by molar-refractivity contribution is -0.274. The van der Waals surface area contributed by atoms with E-state index in [9.17, 15) is 22.8 Å². The van der Waals surface area contributed by atoms with E-state index in [2.05, 4.69) is 10.1 Å². The van der Waals surface area contributed by atoms with Crippen molar-refractivity contribution < 1.29 is 27.5 Å². The Bertz CT molecular complexity index is 594. The molecule has 1 aromatic rings. The molecular weight excluding hydrogens is 337 g/mol. The zero-order chi connectivity index (χ0) is 18.4. The predicted molar refractivity (Wildman–Crippen MR) is 85.1 cm³/mol. The average Bonchev–Trinajstić information content (AvgIpc) is 2.58. The number of rotatable bonds is 5. The van der Waals surface area contributed by atoms with Crippen LogP contribution in [-0.2, 0) is 4.79 Å². The Hall–Kier alpha value is -2.25. The van der Waals surface area contributed by atoms with E-state index in [4.69, 9.17) is 0 Å². The molecule has 0 aromatic heterocycles. The fraction of sp³-hybridized carbons (Fsp3) is 0.529. The SMILES string of the molecule is CCCNC(=O)C1CCN(C(=O)c2ccc(OC(F)(F)F)cc2)CC1. The van der Waals surface area contributed by atoms with E-state index in [1.54, 1.807) is 4.90 Å². The second-order valence-corrected chi connectivity index (χ2v) is 5.93. The highest BCUT2D eigenvalue weighted by atomic mass is 19.4. The van der Waals surface area contributed by atoms with Gasteiger partial charge in [0.25, 0.3) is 5.91 Å². The van der Waals surface area contributed by atoms with Gasteiger partial charge < -0.3 is 15.0 Å². The number of carbonyl (C=O) groups is 2. The first-order valence-corrected chi connectivity index (χ1v) is 8.23. The summed E-state index contributed by atoms with van der Waals surface area (Å²) < 4.78 is 40.2. The molecule has 8 heteroatoms. The zero-order valence-electron chi connectivity index (χ0n) is 13.9. The standard InChI is InChI=1S/C17H21F3N2O3/c1-2-9-21-15(23)12-7-10-22(11-8-12)16(24)13-3-5-14(6-4-13)25-17(18,19)20/h3-6,12H,2,7-11H2,1H3,(H,21,23). The van der Waals surface area contributed by atoms with E-state index in [0.717, 1.165) is 18.6 Å². The zero-order valence-corrected chi connectivity index (χ0v) is 13.9. The van der Waals surface area contributed by atoms with Crippen molar-refractivity contribution in [1.82, 2.24) is 10.2 Å². The van der Waals surface area contributed by atoms with Gasteiger partial charge in [-0.25, -0.2) is 0 Å². The van der Waals surface area contributed by atoms with Crippen LogP contribution in [-0.4, -0.2) is 42.7 Å². The Labute approximate surface area is 144 Å². The third kappa shape index (κ3) is 5.65. The molecule has 0 bridgehead atoms. The van der Waals surface area contributed by atoms with Gasteiger partial charge in [0.05, 0.1) is 0 Å². The Morgan fingerprint density at radius 3 is 2.32 bits per heavy atom. The maximum atomic E-state index is 12.4. The monoisotopic (exact) mass is 358 g/mol. The number of hydrogen-bond donors (Lipinski definition) is 1. The Balaban J connectivity index is 1.89. The molecule has 1 N–H and O–H groups in total. The first kappa shape index (κ1) is 19.1. The largest absolute Gasteiger partial charge is 0.573 e. The van der Waals surface area contributed by atoms with Crippen LogP contribution in [0.2, 0.25) is 0 Å². The fourth-order valence-corrected chi connectivity index (χ4v) is 2.72. The van der Waals surface area contributed by atoms with Gasteiger partial charge in [-0.1, -0.05) is 6.92 Å². The molecule has 1 fully saturated rings. The lowest BCUT2D eigenvalue weighted by Gasteiger charge is -2.31. The summed E-state index contributed by atoms with van der Waals surface area (Å²) in [4.78, 5) is 26.0. The van der Waals surface area contributed by atoms with Crippen LogP contribution in [0.25, 0.3) is 0 Å². The van der Waals surface area contributed by atoms with E-state index in [1.165, 1.54) is 12.1 Å². The van der Waals surface area contributed by atoms with E-state index >= 15 is 0 Å². The molecule has 1 aliphatic rings. The summed E-state index contributed by atoms with van der Waals surface area (Å²) in [6, 6.07) is 4.85. The Morgan fingerprint density at radius 2 is 1.80 bits per heavy atom. The molecular formula is C17H21F3N2O3. The Morgan fingerprint density at radius 1 is 1.20 bits per heavy atom. The topological polar surface area (TPSA) is 58.6 Å². The van der Waals surface area contributed by atoms with Gasteiger partial charge in [0.2, 0.25) is 5.91 Å². The van der Waals surface area contributed by atoms with Gasteiger partial charge in [-0.2, -0.15) is 0 Å². The lowest BCUT2D eigenvalue weighted by Crippen LogP contribution is -2.43. The number of nitrogens with one attached hydrogen (secondary N) is 1. The lowest BCUT2D eigenvalue weighted by atomic mass is 9.95. The number of nitrogens with zero attached hydrogens (tertiary/aromatic N) is 1. The van der Waals surface area contributed by atoms with Crippen molar-refractivity contribution in [2.45, 2.75) is 32.5 Å². The minimum Gasteiger partial charge on any atom is -0.406 e. The van der Waals surface area contributed by atoms with Crippen LogP contribution in [0.5, 0.6) is 5.75 Å². The molecule has 1 heterocycles. The number of piperidine rings is 1. The number of alkyl halides is 3. The molecule has 0 spiro atoms. The van der Waals surface area contributed by atoms with Crippen LogP contribution >= 0.6 is 0 Å². The van der Waals surface area contributed by atoms with Gasteiger partial charge >= 0.3 is 6.36 Å². The number of likely N-dealkylation sites (tertiary alicyclic amines) is 1. The van der Waals surface area contributed by atoms with Gasteiger partial charge in [0.1, 0.15) is 5.75 Å². The normalized spacial score (nSPS) is 15.8. The first-order valence-electron chi connectivity index (χ1n) is 8.23. The molecule has 2 rings (SSSR count). The van der Waals surface area contributed by atoms with Crippen LogP contribution in [0, 0.1) is 5.92 Å². The molecule has 1 aliphatic heterocycles. The number of carbonyl (C=O) groups excluding carboxylic acids is 2. The third-order valence-corrected chi connectivity index (χ3v) is 4.04. The summed E-state index contributed by atoms with van der Waals surface area (Å²) in [6.45, 7) is 3.52. The summed E-state index contributed by atoms with van der Waals surface area (Å²) in [7, 11) is 0. The van der Waals surface area contributed by atoms with Gasteiger partial charge in [0.15, 0.2) is 0 Å². The molecule has 25 heavy (non-hydrogen) atoms. The van der Waals surface area contributed by atoms with Gasteiger partial charge in [0, 0.05) is 31.1 Å². The predicted octanol–water partition coefficient (Wildman–Crippen LogP) is 2.96. The van der Waals surface area contributed by atoms with Gasteiger partial charge in [-0.05, 0) is 43.5 Å². The van der Waals surface area contributed by atoms with E-state index in [1.807, 2.05) is 6.92 Å². The van der Waals surface area contributed by atoms with Crippen molar-refractivity contribution in [3.8, 4) is 5.75 Å². The Kier molecular flexibility index (Phi) is 6.27. The molecule has 0 radical (unpaired) electrons. The summed E-state index contributed by atoms with van der Waals surface area (Å²) in [5.41, 5.74) is 0.295. The maximum absolute atomic E-state index is 12.4. The minimum absolute atomic E-state index is 0.0163. The summed E-state index contributed by atoms with van der Waals surface area (Å²) in [6.07, 6.45) is -2.73. The molecule has 0 unspecified atom stereocenters. The van der Waals surface area contributed by atoms with Crippen molar-refractivity contribution in [3.05, 3.63) is 29.8 Å². The average molecular weight is 358 g/mol. The molecule has 5 nitrogen and oxygen atoms in total. The first-order chi connectivity index (χ1) is 11.8. The second-order valence-electron chi connectivity index (χ2n) is 5.93. The molecule has 138 valence electrons. The summed E-state index contributed by atoms with van der Waals surface area (Å²) in [5.74, 6) is -0.706. The quantitative estimate of drug-likeness (QED) is 0.880. The fourth-order valence-electron chi connectivity index (χ4n) is 2.72. The molecule has 0 aliphatic carbocycles. The minimum atomic E-state index is -4.76. The highest BCUT2D eigenvalue weighted by Gasteiger charge is 2.31. The maximum Gasteiger partial charge on any atom is 0.573 e. The van der Waals surface area contributed by atoms with Crippen molar-refractivity contribution in [2.24, 2.45) is 5.92 Å². The van der Waals surface area contributed by atoms with Crippen LogP contribution < -0.4 is 10.1 Å². The highest BCUT2D eigenvalue weighted by Crippen LogP contribution is 2.24. The van der Waals surface area contributed by atoms with Crippen molar-refractivity contribution in [3.63, 3.8) is 0 Å². The number of benzene rings is 1. The third-order valence-electron chi connectivity index (χ3n) is 4.04. The van der Waals surface area contributed by atoms with E-state index < -0.39 is 6.36 Å². The van der Waals surface area contributed by atoms with E-state index in [0.29, 0.717) is 38.0 Å². The number of amides is 2. The van der Waals surface area contributed by atoms with E-state index in [-0.39, 0.29) is 23.5 Å². The molecule has 1 aromatic carbocycles. The van der Waals surface area contributed by atoms with Crippen LogP contribution in [0.15, 0.2) is 24.3 Å². The number of hydrogen-bond acceptors (Lipinski definition) is 3. The highest BCUT2D eigenvalue weighted by molar-refractivity contribution is 5.94. The molecule has 0 saturated carbocycles. The molecule has 1 saturated heterocycles. The number of halogens is 3. The van der Waals surface area contributed by atoms with Crippen LogP contribution in [0.4, 0.5) is 13.2 Å². The smallest absolute Gasteiger partial charge is 0.406 e. The second kappa shape index (κ2) is 8.22. The van der Waals surface area contributed by atoms with Crippen LogP contribution in [0.1, 0.15) is 36.5 Å². The van der Waals surface area contributed by atoms with Crippen molar-refractivity contribution in [2.75, 3.05) is 19.6 Å². The number of ether oxygens (including phenoxy) is 1. The van der Waals surface area contributed by atoms with Crippen LogP contribution in [0.3, 0.4) is 0 Å². The summed E-state index contributed by atoms with van der Waals surface area (Å²) >= 11 is 0. The van der Waals surface area contributed by atoms with Crippen molar-refractivity contribution in [1.29, 1.82) is 0 Å².